The molecule has 1 heterocycles. The molecule has 2 aliphatic carbocycles. The van der Waals surface area contributed by atoms with Crippen LogP contribution in [0.25, 0.3) is 0 Å². The summed E-state index contributed by atoms with van der Waals surface area (Å²) in [6, 6.07) is 3.82. The molecule has 2 aliphatic rings. The number of aromatic nitrogens is 2. The lowest BCUT2D eigenvalue weighted by atomic mass is 9.84. The second-order valence-electron chi connectivity index (χ2n) is 6.67. The van der Waals surface area contributed by atoms with Crippen molar-refractivity contribution in [1.82, 2.24) is 14.9 Å². The Labute approximate surface area is 135 Å². The molecule has 0 aromatic carbocycles. The lowest BCUT2D eigenvalue weighted by Gasteiger charge is -2.28. The lowest BCUT2D eigenvalue weighted by Crippen LogP contribution is -2.41. The van der Waals surface area contributed by atoms with Crippen LogP contribution in [0.3, 0.4) is 0 Å². The molecule has 0 unspecified atom stereocenters. The Hall–Kier alpha value is -2.54. The van der Waals surface area contributed by atoms with E-state index in [0.29, 0.717) is 5.92 Å². The van der Waals surface area contributed by atoms with Crippen LogP contribution in [0, 0.1) is 40.4 Å². The van der Waals surface area contributed by atoms with Crippen LogP contribution < -0.4 is 11.1 Å². The van der Waals surface area contributed by atoms with Crippen molar-refractivity contribution in [2.75, 3.05) is 5.73 Å². The monoisotopic (exact) mass is 312 g/mol. The molecule has 120 valence electrons. The van der Waals surface area contributed by atoms with Gasteiger partial charge in [-0.2, -0.15) is 10.5 Å². The number of nitriles is 2. The molecule has 1 aromatic heterocycles. The highest BCUT2D eigenvalue weighted by molar-refractivity contribution is 5.76. The molecule has 2 fully saturated rings. The van der Waals surface area contributed by atoms with Gasteiger partial charge in [0.15, 0.2) is 11.4 Å². The van der Waals surface area contributed by atoms with Crippen LogP contribution in [0.15, 0.2) is 0 Å². The van der Waals surface area contributed by atoms with Crippen LogP contribution in [-0.4, -0.2) is 21.5 Å². The number of nitrogen functional groups attached to an aromatic ring is 1. The number of hydrogen-bond acceptors (Lipinski definition) is 5. The van der Waals surface area contributed by atoms with Crippen LogP contribution in [0.1, 0.15) is 44.0 Å². The highest BCUT2D eigenvalue weighted by Crippen LogP contribution is 2.49. The smallest absolute Gasteiger partial charge is 0.240 e. The molecular formula is C16H20N6O. The molecule has 0 radical (unpaired) electrons. The van der Waals surface area contributed by atoms with Crippen molar-refractivity contribution in [2.45, 2.75) is 45.2 Å². The highest BCUT2D eigenvalue weighted by atomic mass is 16.2. The Morgan fingerprint density at radius 1 is 1.43 bits per heavy atom. The van der Waals surface area contributed by atoms with Crippen LogP contribution in [-0.2, 0) is 11.3 Å². The van der Waals surface area contributed by atoms with Crippen molar-refractivity contribution in [3.8, 4) is 12.1 Å². The Morgan fingerprint density at radius 3 is 2.78 bits per heavy atom. The van der Waals surface area contributed by atoms with Gasteiger partial charge in [0, 0.05) is 6.04 Å². The fraction of sp³-hybridized carbons (Fsp3) is 0.625. The van der Waals surface area contributed by atoms with Gasteiger partial charge in [0.2, 0.25) is 11.9 Å². The van der Waals surface area contributed by atoms with E-state index in [1.165, 1.54) is 30.3 Å². The van der Waals surface area contributed by atoms with Gasteiger partial charge in [-0.05, 0) is 43.9 Å². The summed E-state index contributed by atoms with van der Waals surface area (Å²) in [5.41, 5.74) is 5.71. The SMILES string of the molecule is C[C@H](NC(=O)Cn1c(N)nc(C#N)c1C#N)[C@H]1C[C@H]2CC[C@H]1C2. The first-order chi connectivity index (χ1) is 11.0. The predicted molar refractivity (Wildman–Crippen MR) is 82.6 cm³/mol. The van der Waals surface area contributed by atoms with E-state index in [9.17, 15) is 4.79 Å². The minimum Gasteiger partial charge on any atom is -0.369 e. The second kappa shape index (κ2) is 5.92. The average molecular weight is 312 g/mol. The molecule has 4 atom stereocenters. The number of fused-ring (bicyclic) bond motifs is 2. The quantitative estimate of drug-likeness (QED) is 0.864. The highest BCUT2D eigenvalue weighted by Gasteiger charge is 2.42. The molecule has 2 saturated carbocycles. The van der Waals surface area contributed by atoms with E-state index in [2.05, 4.69) is 10.3 Å². The van der Waals surface area contributed by atoms with Gasteiger partial charge in [0.25, 0.3) is 0 Å². The summed E-state index contributed by atoms with van der Waals surface area (Å²) in [6.07, 6.45) is 5.09. The van der Waals surface area contributed by atoms with Gasteiger partial charge >= 0.3 is 0 Å². The number of carbonyl (C=O) groups excluding carboxylic acids is 1. The van der Waals surface area contributed by atoms with E-state index in [1.807, 2.05) is 19.1 Å². The third-order valence-electron chi connectivity index (χ3n) is 5.33. The van der Waals surface area contributed by atoms with Crippen molar-refractivity contribution < 1.29 is 4.79 Å². The molecule has 3 N–H and O–H groups in total. The molecule has 7 nitrogen and oxygen atoms in total. The van der Waals surface area contributed by atoms with Crippen LogP contribution in [0.5, 0.6) is 0 Å². The first kappa shape index (κ1) is 15.4. The minimum atomic E-state index is -0.203. The zero-order valence-corrected chi connectivity index (χ0v) is 13.1. The van der Waals surface area contributed by atoms with Gasteiger partial charge in [0.05, 0.1) is 0 Å². The first-order valence-corrected chi connectivity index (χ1v) is 7.99. The summed E-state index contributed by atoms with van der Waals surface area (Å²) in [6.45, 7) is 1.96. The number of nitrogens with one attached hydrogen (secondary N) is 1. The van der Waals surface area contributed by atoms with Crippen LogP contribution in [0.4, 0.5) is 5.95 Å². The maximum absolute atomic E-state index is 12.3. The Bertz CT molecular complexity index is 709. The molecule has 2 bridgehead atoms. The number of amides is 1. The fourth-order valence-electron chi connectivity index (χ4n) is 4.28. The van der Waals surface area contributed by atoms with Gasteiger partial charge in [0.1, 0.15) is 18.7 Å². The standard InChI is InChI=1S/C16H20N6O/c1-9(12-5-10-2-3-11(12)4-10)20-15(23)8-22-14(7-18)13(6-17)21-16(22)19/h9-12H,2-5,8H2,1H3,(H2,19,21)(H,20,23)/t9-,10-,11-,12+/m0/s1. The van der Waals surface area contributed by atoms with Crippen LogP contribution >= 0.6 is 0 Å². The number of nitrogens with zero attached hydrogens (tertiary/aromatic N) is 4. The van der Waals surface area contributed by atoms with Gasteiger partial charge < -0.3 is 11.1 Å². The second-order valence-corrected chi connectivity index (χ2v) is 6.67. The molecule has 23 heavy (non-hydrogen) atoms. The van der Waals surface area contributed by atoms with Crippen LogP contribution in [0.2, 0.25) is 0 Å². The third kappa shape index (κ3) is 2.75. The molecule has 0 spiro atoms. The Morgan fingerprint density at radius 2 is 2.22 bits per heavy atom. The van der Waals surface area contributed by atoms with Gasteiger partial charge in [-0.1, -0.05) is 6.42 Å². The topological polar surface area (TPSA) is 121 Å². The number of rotatable bonds is 4. The van der Waals surface area contributed by atoms with Crippen molar-refractivity contribution in [3.63, 3.8) is 0 Å². The largest absolute Gasteiger partial charge is 0.369 e. The molecular weight excluding hydrogens is 292 g/mol. The van der Waals surface area contributed by atoms with E-state index in [0.717, 1.165) is 11.8 Å². The summed E-state index contributed by atoms with van der Waals surface area (Å²) < 4.78 is 1.29. The van der Waals surface area contributed by atoms with E-state index in [4.69, 9.17) is 16.3 Å². The van der Waals surface area contributed by atoms with E-state index < -0.39 is 0 Å². The molecule has 1 aromatic rings. The summed E-state index contributed by atoms with van der Waals surface area (Å²) in [5, 5.41) is 21.1. The van der Waals surface area contributed by atoms with E-state index >= 15 is 0 Å². The number of carbonyl (C=O) groups is 1. The predicted octanol–water partition coefficient (Wildman–Crippen LogP) is 1.15. The van der Waals surface area contributed by atoms with Crippen molar-refractivity contribution >= 4 is 11.9 Å². The van der Waals surface area contributed by atoms with E-state index in [-0.39, 0.29) is 35.8 Å². The lowest BCUT2D eigenvalue weighted by molar-refractivity contribution is -0.122. The number of nitrogens with two attached hydrogens (primary N) is 1. The first-order valence-electron chi connectivity index (χ1n) is 7.99. The molecule has 0 saturated heterocycles. The van der Waals surface area contributed by atoms with Crippen molar-refractivity contribution in [1.29, 1.82) is 10.5 Å². The summed E-state index contributed by atoms with van der Waals surface area (Å²) in [4.78, 5) is 16.1. The fourth-order valence-corrected chi connectivity index (χ4v) is 4.28. The van der Waals surface area contributed by atoms with Gasteiger partial charge in [-0.3, -0.25) is 9.36 Å². The summed E-state index contributed by atoms with van der Waals surface area (Å²) in [5.74, 6) is 1.92. The van der Waals surface area contributed by atoms with Gasteiger partial charge in [-0.15, -0.1) is 0 Å². The summed E-state index contributed by atoms with van der Waals surface area (Å²) in [7, 11) is 0. The maximum atomic E-state index is 12.3. The number of anilines is 1. The summed E-state index contributed by atoms with van der Waals surface area (Å²) >= 11 is 0. The zero-order valence-electron chi connectivity index (χ0n) is 13.1. The third-order valence-corrected chi connectivity index (χ3v) is 5.33. The number of hydrogen-bond donors (Lipinski definition) is 2. The number of imidazole rings is 1. The van der Waals surface area contributed by atoms with E-state index in [1.54, 1.807) is 0 Å². The molecule has 1 amide bonds. The Balaban J connectivity index is 1.65. The minimum absolute atomic E-state index is 0.0147. The molecule has 0 aliphatic heterocycles. The average Bonchev–Trinajstić information content (AvgIpc) is 3.22. The van der Waals surface area contributed by atoms with Crippen molar-refractivity contribution in [2.24, 2.45) is 17.8 Å². The molecule has 3 rings (SSSR count). The zero-order chi connectivity index (χ0) is 16.6. The maximum Gasteiger partial charge on any atom is 0.240 e. The van der Waals surface area contributed by atoms with Crippen molar-refractivity contribution in [3.05, 3.63) is 11.4 Å². The molecule has 7 heteroatoms. The normalized spacial score (nSPS) is 26.5. The van der Waals surface area contributed by atoms with Gasteiger partial charge in [-0.25, -0.2) is 4.98 Å². The Kier molecular flexibility index (Phi) is 3.96.